The van der Waals surface area contributed by atoms with Crippen LogP contribution in [0.1, 0.15) is 52.4 Å². The molecule has 1 aliphatic heterocycles. The summed E-state index contributed by atoms with van der Waals surface area (Å²) in [5, 5.41) is 21.3. The SMILES string of the molecule is CC(C)CCCCCCNC(=O)N1C[C@H](O)C[C@@H]1C(=O)O. The number of unbranched alkanes of at least 4 members (excludes halogenated alkanes) is 3. The van der Waals surface area contributed by atoms with Crippen LogP contribution in [0.5, 0.6) is 0 Å². The Bertz CT molecular complexity index is 347. The highest BCUT2D eigenvalue weighted by Crippen LogP contribution is 2.18. The highest BCUT2D eigenvalue weighted by Gasteiger charge is 2.38. The van der Waals surface area contributed by atoms with Gasteiger partial charge in [0.05, 0.1) is 6.10 Å². The molecular weight excluding hydrogens is 272 g/mol. The van der Waals surface area contributed by atoms with Gasteiger partial charge in [-0.3, -0.25) is 0 Å². The molecule has 0 aromatic carbocycles. The minimum absolute atomic E-state index is 0.0944. The number of aliphatic carboxylic acids is 1. The van der Waals surface area contributed by atoms with Crippen LogP contribution < -0.4 is 5.32 Å². The van der Waals surface area contributed by atoms with Crippen molar-refractivity contribution < 1.29 is 19.8 Å². The van der Waals surface area contributed by atoms with Gasteiger partial charge in [-0.05, 0) is 12.3 Å². The summed E-state index contributed by atoms with van der Waals surface area (Å²) in [6.45, 7) is 5.07. The van der Waals surface area contributed by atoms with Gasteiger partial charge in [0.2, 0.25) is 0 Å². The van der Waals surface area contributed by atoms with E-state index in [4.69, 9.17) is 5.11 Å². The number of carboxylic acids is 1. The number of carboxylic acid groups (broad SMARTS) is 1. The van der Waals surface area contributed by atoms with E-state index in [1.54, 1.807) is 0 Å². The molecule has 1 fully saturated rings. The fourth-order valence-electron chi connectivity index (χ4n) is 2.60. The molecule has 2 amide bonds. The van der Waals surface area contributed by atoms with Crippen LogP contribution in [0.15, 0.2) is 0 Å². The van der Waals surface area contributed by atoms with Gasteiger partial charge < -0.3 is 20.4 Å². The van der Waals surface area contributed by atoms with E-state index in [1.807, 2.05) is 0 Å². The van der Waals surface area contributed by atoms with Crippen LogP contribution in [-0.2, 0) is 4.79 Å². The lowest BCUT2D eigenvalue weighted by atomic mass is 10.0. The van der Waals surface area contributed by atoms with E-state index in [2.05, 4.69) is 19.2 Å². The number of aliphatic hydroxyl groups is 1. The second kappa shape index (κ2) is 8.87. The summed E-state index contributed by atoms with van der Waals surface area (Å²) < 4.78 is 0. The number of β-amino-alcohol motifs (C(OH)–C–C–N with tert-alkyl or cyclic N) is 1. The van der Waals surface area contributed by atoms with Crippen LogP contribution >= 0.6 is 0 Å². The van der Waals surface area contributed by atoms with Crippen molar-refractivity contribution in [3.63, 3.8) is 0 Å². The molecule has 0 aliphatic carbocycles. The molecule has 0 spiro atoms. The number of nitrogens with one attached hydrogen (secondary N) is 1. The number of urea groups is 1. The number of hydrogen-bond donors (Lipinski definition) is 3. The predicted octanol–water partition coefficient (Wildman–Crippen LogP) is 1.82. The van der Waals surface area contributed by atoms with E-state index >= 15 is 0 Å². The predicted molar refractivity (Wildman–Crippen MR) is 80.1 cm³/mol. The van der Waals surface area contributed by atoms with Crippen molar-refractivity contribution in [3.8, 4) is 0 Å². The minimum atomic E-state index is -1.06. The second-order valence-corrected chi connectivity index (χ2v) is 6.22. The fraction of sp³-hybridized carbons (Fsp3) is 0.867. The third-order valence-corrected chi connectivity index (χ3v) is 3.81. The van der Waals surface area contributed by atoms with Gasteiger partial charge in [0.1, 0.15) is 6.04 Å². The molecule has 0 aromatic heterocycles. The van der Waals surface area contributed by atoms with Crippen LogP contribution in [0.25, 0.3) is 0 Å². The van der Waals surface area contributed by atoms with Gasteiger partial charge in [-0.15, -0.1) is 0 Å². The van der Waals surface area contributed by atoms with Crippen molar-refractivity contribution in [1.82, 2.24) is 10.2 Å². The summed E-state index contributed by atoms with van der Waals surface area (Å²) in [7, 11) is 0. The zero-order valence-electron chi connectivity index (χ0n) is 13.0. The number of carbonyl (C=O) groups is 2. The van der Waals surface area contributed by atoms with Crippen molar-refractivity contribution in [2.24, 2.45) is 5.92 Å². The topological polar surface area (TPSA) is 89.9 Å². The number of amides is 2. The summed E-state index contributed by atoms with van der Waals surface area (Å²) in [6.07, 6.45) is 4.94. The maximum absolute atomic E-state index is 11.9. The number of aliphatic hydroxyl groups excluding tert-OH is 1. The Hall–Kier alpha value is -1.30. The van der Waals surface area contributed by atoms with Crippen LogP contribution in [0.3, 0.4) is 0 Å². The first-order chi connectivity index (χ1) is 9.91. The third kappa shape index (κ3) is 6.33. The van der Waals surface area contributed by atoms with Crippen LogP contribution in [-0.4, -0.2) is 52.3 Å². The molecule has 122 valence electrons. The van der Waals surface area contributed by atoms with Crippen LogP contribution in [0.4, 0.5) is 4.79 Å². The van der Waals surface area contributed by atoms with Crippen molar-refractivity contribution in [2.45, 2.75) is 64.5 Å². The summed E-state index contributed by atoms with van der Waals surface area (Å²) >= 11 is 0. The van der Waals surface area contributed by atoms with Crippen molar-refractivity contribution in [1.29, 1.82) is 0 Å². The summed E-state index contributed by atoms with van der Waals surface area (Å²) in [5.74, 6) is -0.324. The minimum Gasteiger partial charge on any atom is -0.480 e. The van der Waals surface area contributed by atoms with Crippen molar-refractivity contribution in [3.05, 3.63) is 0 Å². The fourth-order valence-corrected chi connectivity index (χ4v) is 2.60. The number of carbonyl (C=O) groups excluding carboxylic acids is 1. The molecule has 3 N–H and O–H groups in total. The zero-order chi connectivity index (χ0) is 15.8. The molecule has 2 atom stereocenters. The molecular formula is C15H28N2O4. The first kappa shape index (κ1) is 17.8. The van der Waals surface area contributed by atoms with Gasteiger partial charge in [0.15, 0.2) is 0 Å². The Morgan fingerprint density at radius 3 is 2.52 bits per heavy atom. The highest BCUT2D eigenvalue weighted by molar-refractivity contribution is 5.83. The first-order valence-corrected chi connectivity index (χ1v) is 7.87. The normalized spacial score (nSPS) is 21.8. The molecule has 0 bridgehead atoms. The Morgan fingerprint density at radius 1 is 1.24 bits per heavy atom. The average Bonchev–Trinajstić information content (AvgIpc) is 2.79. The molecule has 1 rings (SSSR count). The standard InChI is InChI=1S/C15H28N2O4/c1-11(2)7-5-3-4-6-8-16-15(21)17-10-12(18)9-13(17)14(19)20/h11-13,18H,3-10H2,1-2H3,(H,16,21)(H,19,20)/t12-,13-/m1/s1. The molecule has 0 radical (unpaired) electrons. The maximum Gasteiger partial charge on any atom is 0.326 e. The first-order valence-electron chi connectivity index (χ1n) is 7.87. The van der Waals surface area contributed by atoms with Gasteiger partial charge in [0, 0.05) is 19.5 Å². The molecule has 1 heterocycles. The number of rotatable bonds is 8. The van der Waals surface area contributed by atoms with Gasteiger partial charge >= 0.3 is 12.0 Å². The van der Waals surface area contributed by atoms with Gasteiger partial charge in [-0.2, -0.15) is 0 Å². The van der Waals surface area contributed by atoms with E-state index in [0.29, 0.717) is 6.54 Å². The highest BCUT2D eigenvalue weighted by atomic mass is 16.4. The van der Waals surface area contributed by atoms with Gasteiger partial charge in [-0.25, -0.2) is 9.59 Å². The Morgan fingerprint density at radius 2 is 1.90 bits per heavy atom. The smallest absolute Gasteiger partial charge is 0.326 e. The molecule has 21 heavy (non-hydrogen) atoms. The largest absolute Gasteiger partial charge is 0.480 e. The Labute approximate surface area is 126 Å². The van der Waals surface area contributed by atoms with Crippen LogP contribution in [0.2, 0.25) is 0 Å². The number of nitrogens with zero attached hydrogens (tertiary/aromatic N) is 1. The average molecular weight is 300 g/mol. The Kier molecular flexibility index (Phi) is 7.50. The van der Waals surface area contributed by atoms with E-state index in [0.717, 1.165) is 25.2 Å². The third-order valence-electron chi connectivity index (χ3n) is 3.81. The van der Waals surface area contributed by atoms with Crippen molar-refractivity contribution in [2.75, 3.05) is 13.1 Å². The monoisotopic (exact) mass is 300 g/mol. The van der Waals surface area contributed by atoms with Crippen molar-refractivity contribution >= 4 is 12.0 Å². The molecule has 0 saturated carbocycles. The van der Waals surface area contributed by atoms with E-state index < -0.39 is 18.1 Å². The van der Waals surface area contributed by atoms with E-state index in [9.17, 15) is 14.7 Å². The van der Waals surface area contributed by atoms with E-state index in [1.165, 1.54) is 17.7 Å². The molecule has 6 heteroatoms. The second-order valence-electron chi connectivity index (χ2n) is 6.22. The summed E-state index contributed by atoms with van der Waals surface area (Å²) in [6, 6.07) is -1.30. The van der Waals surface area contributed by atoms with E-state index in [-0.39, 0.29) is 19.0 Å². The molecule has 0 unspecified atom stereocenters. The lowest BCUT2D eigenvalue weighted by molar-refractivity contribution is -0.141. The lowest BCUT2D eigenvalue weighted by Crippen LogP contribution is -2.46. The molecule has 1 aliphatic rings. The molecule has 0 aromatic rings. The lowest BCUT2D eigenvalue weighted by Gasteiger charge is -2.21. The zero-order valence-corrected chi connectivity index (χ0v) is 13.0. The summed E-state index contributed by atoms with van der Waals surface area (Å²) in [4.78, 5) is 24.2. The number of hydrogen-bond acceptors (Lipinski definition) is 3. The number of likely N-dealkylation sites (tertiary alicyclic amines) is 1. The maximum atomic E-state index is 11.9. The quantitative estimate of drug-likeness (QED) is 0.596. The Balaban J connectivity index is 2.17. The molecule has 1 saturated heterocycles. The summed E-state index contributed by atoms with van der Waals surface area (Å²) in [5.41, 5.74) is 0. The molecule has 6 nitrogen and oxygen atoms in total. The van der Waals surface area contributed by atoms with Crippen LogP contribution in [0, 0.1) is 5.92 Å². The van der Waals surface area contributed by atoms with Gasteiger partial charge in [-0.1, -0.05) is 39.5 Å². The van der Waals surface area contributed by atoms with Gasteiger partial charge in [0.25, 0.3) is 0 Å².